The van der Waals surface area contributed by atoms with Crippen LogP contribution in [0.5, 0.6) is 0 Å². The second kappa shape index (κ2) is 8.23. The van der Waals surface area contributed by atoms with Crippen molar-refractivity contribution in [3.05, 3.63) is 48.7 Å². The fraction of sp³-hybridized carbons (Fsp3) is 0.316. The molecule has 0 radical (unpaired) electrons. The summed E-state index contributed by atoms with van der Waals surface area (Å²) in [4.78, 5) is 12.3. The lowest BCUT2D eigenvalue weighted by Gasteiger charge is -2.14. The molecule has 0 saturated carbocycles. The van der Waals surface area contributed by atoms with Crippen LogP contribution in [0.2, 0.25) is 0 Å². The van der Waals surface area contributed by atoms with Gasteiger partial charge in [-0.05, 0) is 37.1 Å². The second-order valence-corrected chi connectivity index (χ2v) is 7.66. The Balaban J connectivity index is 1.89. The lowest BCUT2D eigenvalue weighted by atomic mass is 10.2. The van der Waals surface area contributed by atoms with Gasteiger partial charge in [-0.3, -0.25) is 9.36 Å². The zero-order valence-electron chi connectivity index (χ0n) is 15.0. The van der Waals surface area contributed by atoms with E-state index >= 15 is 0 Å². The maximum absolute atomic E-state index is 12.3. The Labute approximate surface area is 157 Å². The molecule has 26 heavy (non-hydrogen) atoms. The molecule has 0 spiro atoms. The van der Waals surface area contributed by atoms with Crippen LogP contribution in [-0.2, 0) is 4.79 Å². The Morgan fingerprint density at radius 1 is 1.15 bits per heavy atom. The smallest absolute Gasteiger partial charge is 0.233 e. The normalized spacial score (nSPS) is 12.3. The average molecular weight is 370 g/mol. The van der Waals surface area contributed by atoms with Gasteiger partial charge in [-0.15, -0.1) is 10.2 Å². The molecule has 3 rings (SSSR count). The minimum atomic E-state index is -0.287. The molecule has 1 N–H and O–H groups in total. The molecule has 1 unspecified atom stereocenters. The van der Waals surface area contributed by atoms with Crippen molar-refractivity contribution in [3.63, 3.8) is 0 Å². The number of amides is 1. The molecule has 1 aromatic carbocycles. The lowest BCUT2D eigenvalue weighted by molar-refractivity contribution is -0.120. The Bertz CT molecular complexity index is 844. The number of furan rings is 1. The van der Waals surface area contributed by atoms with Crippen LogP contribution in [0.15, 0.2) is 58.3 Å². The van der Waals surface area contributed by atoms with Crippen molar-refractivity contribution in [2.75, 3.05) is 6.54 Å². The summed E-state index contributed by atoms with van der Waals surface area (Å²) in [5.74, 6) is 1.64. The van der Waals surface area contributed by atoms with Crippen molar-refractivity contribution in [2.45, 2.75) is 31.2 Å². The Morgan fingerprint density at radius 3 is 2.58 bits per heavy atom. The Morgan fingerprint density at radius 2 is 1.92 bits per heavy atom. The van der Waals surface area contributed by atoms with Gasteiger partial charge in [-0.25, -0.2) is 0 Å². The third-order valence-corrected chi connectivity index (χ3v) is 4.77. The van der Waals surface area contributed by atoms with Crippen molar-refractivity contribution in [3.8, 4) is 17.3 Å². The van der Waals surface area contributed by atoms with E-state index in [1.807, 2.05) is 54.0 Å². The highest BCUT2D eigenvalue weighted by Crippen LogP contribution is 2.30. The topological polar surface area (TPSA) is 73.0 Å². The maximum atomic E-state index is 12.3. The number of thioether (sulfide) groups is 1. The van der Waals surface area contributed by atoms with Gasteiger partial charge in [0.25, 0.3) is 0 Å². The number of nitrogens with zero attached hydrogens (tertiary/aromatic N) is 3. The van der Waals surface area contributed by atoms with E-state index in [-0.39, 0.29) is 11.2 Å². The number of nitrogens with one attached hydrogen (secondary N) is 1. The minimum absolute atomic E-state index is 0.00846. The van der Waals surface area contributed by atoms with Gasteiger partial charge < -0.3 is 9.73 Å². The Hall–Kier alpha value is -2.54. The molecule has 136 valence electrons. The van der Waals surface area contributed by atoms with Crippen LogP contribution in [0.4, 0.5) is 0 Å². The quantitative estimate of drug-likeness (QED) is 0.641. The third-order valence-electron chi connectivity index (χ3n) is 3.73. The highest BCUT2D eigenvalue weighted by atomic mass is 32.2. The monoisotopic (exact) mass is 370 g/mol. The molecule has 2 aromatic heterocycles. The largest absolute Gasteiger partial charge is 0.461 e. The van der Waals surface area contributed by atoms with E-state index in [9.17, 15) is 4.79 Å². The SMILES string of the molecule is CC(C)CNC(=O)C(C)Sc1nnc(-c2ccco2)n1-c1ccccc1. The van der Waals surface area contributed by atoms with Gasteiger partial charge in [0.2, 0.25) is 11.7 Å². The van der Waals surface area contributed by atoms with Crippen LogP contribution in [0.1, 0.15) is 20.8 Å². The first-order chi connectivity index (χ1) is 12.6. The molecule has 0 bridgehead atoms. The zero-order chi connectivity index (χ0) is 18.5. The van der Waals surface area contributed by atoms with Crippen molar-refractivity contribution in [1.82, 2.24) is 20.1 Å². The standard InChI is InChI=1S/C19H22N4O2S/c1-13(2)12-20-18(24)14(3)26-19-22-21-17(16-10-7-11-25-16)23(19)15-8-5-4-6-9-15/h4-11,13-14H,12H2,1-3H3,(H,20,24). The van der Waals surface area contributed by atoms with Crippen LogP contribution in [0.25, 0.3) is 17.3 Å². The van der Waals surface area contributed by atoms with Crippen LogP contribution >= 0.6 is 11.8 Å². The summed E-state index contributed by atoms with van der Waals surface area (Å²) in [6.07, 6.45) is 1.61. The molecule has 2 heterocycles. The molecule has 0 aliphatic rings. The maximum Gasteiger partial charge on any atom is 0.233 e. The van der Waals surface area contributed by atoms with Crippen molar-refractivity contribution in [1.29, 1.82) is 0 Å². The van der Waals surface area contributed by atoms with Crippen molar-refractivity contribution in [2.24, 2.45) is 5.92 Å². The van der Waals surface area contributed by atoms with Crippen molar-refractivity contribution < 1.29 is 9.21 Å². The Kier molecular flexibility index (Phi) is 5.78. The van der Waals surface area contributed by atoms with E-state index < -0.39 is 0 Å². The van der Waals surface area contributed by atoms with E-state index in [4.69, 9.17) is 4.42 Å². The van der Waals surface area contributed by atoms with Crippen LogP contribution < -0.4 is 5.32 Å². The van der Waals surface area contributed by atoms with Gasteiger partial charge in [-0.1, -0.05) is 43.8 Å². The zero-order valence-corrected chi connectivity index (χ0v) is 15.9. The van der Waals surface area contributed by atoms with Gasteiger partial charge in [0.1, 0.15) is 0 Å². The fourth-order valence-electron chi connectivity index (χ4n) is 2.38. The molecule has 6 nitrogen and oxygen atoms in total. The summed E-state index contributed by atoms with van der Waals surface area (Å²) >= 11 is 1.38. The highest BCUT2D eigenvalue weighted by Gasteiger charge is 2.22. The lowest BCUT2D eigenvalue weighted by Crippen LogP contribution is -2.33. The molecule has 0 fully saturated rings. The number of rotatable bonds is 7. The molecule has 1 amide bonds. The molecular formula is C19H22N4O2S. The highest BCUT2D eigenvalue weighted by molar-refractivity contribution is 8.00. The van der Waals surface area contributed by atoms with Gasteiger partial charge in [0.05, 0.1) is 11.5 Å². The number of para-hydroxylation sites is 1. The molecule has 7 heteroatoms. The number of hydrogen-bond donors (Lipinski definition) is 1. The molecule has 3 aromatic rings. The van der Waals surface area contributed by atoms with Gasteiger partial charge in [-0.2, -0.15) is 0 Å². The molecular weight excluding hydrogens is 348 g/mol. The third kappa shape index (κ3) is 4.16. The van der Waals surface area contributed by atoms with E-state index in [1.165, 1.54) is 11.8 Å². The number of aromatic nitrogens is 3. The molecule has 1 atom stereocenters. The number of carbonyl (C=O) groups excluding carboxylic acids is 1. The van der Waals surface area contributed by atoms with Crippen LogP contribution in [0, 0.1) is 5.92 Å². The van der Waals surface area contributed by atoms with Crippen molar-refractivity contribution >= 4 is 17.7 Å². The molecule has 0 saturated heterocycles. The fourth-order valence-corrected chi connectivity index (χ4v) is 3.27. The number of benzene rings is 1. The average Bonchev–Trinajstić information content (AvgIpc) is 3.29. The van der Waals surface area contributed by atoms with Crippen LogP contribution in [-0.4, -0.2) is 32.5 Å². The molecule has 0 aliphatic heterocycles. The van der Waals surface area contributed by atoms with E-state index in [0.29, 0.717) is 29.2 Å². The summed E-state index contributed by atoms with van der Waals surface area (Å²) in [6, 6.07) is 13.5. The predicted molar refractivity (Wildman–Crippen MR) is 102 cm³/mol. The first kappa shape index (κ1) is 18.3. The summed E-state index contributed by atoms with van der Waals surface area (Å²) in [6.45, 7) is 6.67. The van der Waals surface area contributed by atoms with Gasteiger partial charge in [0.15, 0.2) is 10.9 Å². The first-order valence-corrected chi connectivity index (χ1v) is 9.43. The number of hydrogen-bond acceptors (Lipinski definition) is 5. The molecule has 0 aliphatic carbocycles. The summed E-state index contributed by atoms with van der Waals surface area (Å²) in [7, 11) is 0. The van der Waals surface area contributed by atoms with E-state index in [0.717, 1.165) is 5.69 Å². The van der Waals surface area contributed by atoms with Gasteiger partial charge in [0, 0.05) is 12.2 Å². The first-order valence-electron chi connectivity index (χ1n) is 8.55. The minimum Gasteiger partial charge on any atom is -0.461 e. The number of carbonyl (C=O) groups is 1. The predicted octanol–water partition coefficient (Wildman–Crippen LogP) is 3.78. The summed E-state index contributed by atoms with van der Waals surface area (Å²) in [5.41, 5.74) is 0.918. The van der Waals surface area contributed by atoms with E-state index in [1.54, 1.807) is 6.26 Å². The summed E-state index contributed by atoms with van der Waals surface area (Å²) in [5, 5.41) is 11.9. The van der Waals surface area contributed by atoms with E-state index in [2.05, 4.69) is 29.4 Å². The second-order valence-electron chi connectivity index (χ2n) is 6.35. The summed E-state index contributed by atoms with van der Waals surface area (Å²) < 4.78 is 7.41. The van der Waals surface area contributed by atoms with Crippen LogP contribution in [0.3, 0.4) is 0 Å². The van der Waals surface area contributed by atoms with Gasteiger partial charge >= 0.3 is 0 Å².